The summed E-state index contributed by atoms with van der Waals surface area (Å²) in [5.74, 6) is 0.676. The summed E-state index contributed by atoms with van der Waals surface area (Å²) in [7, 11) is -1.65. The standard InChI is InChI=1S/C18H27N3O4S2/c1-3-27(24,25)20(2)12-6-11-19-17(22)9-10-18(23)21-13-14-26-16-8-5-4-7-15(16)21/h4-5,7-8H,3,6,9-14H2,1-2H3,(H,19,22). The predicted molar refractivity (Wildman–Crippen MR) is 108 cm³/mol. The van der Waals surface area contributed by atoms with Crippen LogP contribution in [0.3, 0.4) is 0 Å². The lowest BCUT2D eigenvalue weighted by Crippen LogP contribution is -2.36. The SMILES string of the molecule is CCS(=O)(=O)N(C)CCCNC(=O)CCC(=O)N1CCSc2ccccc21. The van der Waals surface area contributed by atoms with E-state index < -0.39 is 10.0 Å². The zero-order chi connectivity index (χ0) is 19.9. The first kappa shape index (κ1) is 21.7. The van der Waals surface area contributed by atoms with Gasteiger partial charge in [-0.05, 0) is 25.5 Å². The number of thioether (sulfide) groups is 1. The van der Waals surface area contributed by atoms with Crippen LogP contribution in [0.25, 0.3) is 0 Å². The van der Waals surface area contributed by atoms with Gasteiger partial charge in [0.25, 0.3) is 0 Å². The highest BCUT2D eigenvalue weighted by molar-refractivity contribution is 7.99. The number of nitrogens with one attached hydrogen (secondary N) is 1. The second kappa shape index (κ2) is 10.1. The maximum absolute atomic E-state index is 12.5. The lowest BCUT2D eigenvalue weighted by atomic mass is 10.2. The molecule has 0 radical (unpaired) electrons. The zero-order valence-electron chi connectivity index (χ0n) is 15.8. The minimum Gasteiger partial charge on any atom is -0.356 e. The Morgan fingerprint density at radius 1 is 1.26 bits per heavy atom. The number of anilines is 1. The fraction of sp³-hybridized carbons (Fsp3) is 0.556. The summed E-state index contributed by atoms with van der Waals surface area (Å²) >= 11 is 1.73. The number of rotatable bonds is 9. The van der Waals surface area contributed by atoms with Crippen LogP contribution < -0.4 is 10.2 Å². The van der Waals surface area contributed by atoms with Gasteiger partial charge in [0.05, 0.1) is 11.4 Å². The van der Waals surface area contributed by atoms with Crippen molar-refractivity contribution in [3.05, 3.63) is 24.3 Å². The van der Waals surface area contributed by atoms with Crippen LogP contribution in [0.2, 0.25) is 0 Å². The summed E-state index contributed by atoms with van der Waals surface area (Å²) in [6.45, 7) is 3.00. The molecule has 1 aromatic rings. The van der Waals surface area contributed by atoms with Crippen LogP contribution in [0, 0.1) is 0 Å². The third kappa shape index (κ3) is 6.22. The average molecular weight is 414 g/mol. The fourth-order valence-corrected chi connectivity index (χ4v) is 4.60. The van der Waals surface area contributed by atoms with Crippen molar-refractivity contribution >= 4 is 39.3 Å². The van der Waals surface area contributed by atoms with E-state index >= 15 is 0 Å². The summed E-state index contributed by atoms with van der Waals surface area (Å²) in [6.07, 6.45) is 0.828. The summed E-state index contributed by atoms with van der Waals surface area (Å²) in [5, 5.41) is 2.75. The topological polar surface area (TPSA) is 86.8 Å². The van der Waals surface area contributed by atoms with E-state index in [1.165, 1.54) is 11.4 Å². The van der Waals surface area contributed by atoms with Gasteiger partial charge in [0, 0.05) is 50.2 Å². The molecule has 2 rings (SSSR count). The van der Waals surface area contributed by atoms with Gasteiger partial charge in [0.15, 0.2) is 0 Å². The normalized spacial score (nSPS) is 14.1. The summed E-state index contributed by atoms with van der Waals surface area (Å²) < 4.78 is 24.6. The number of benzene rings is 1. The highest BCUT2D eigenvalue weighted by atomic mass is 32.2. The van der Waals surface area contributed by atoms with Crippen molar-refractivity contribution in [2.45, 2.75) is 31.1 Å². The van der Waals surface area contributed by atoms with Crippen LogP contribution in [-0.2, 0) is 19.6 Å². The minimum atomic E-state index is -3.19. The Hall–Kier alpha value is -1.58. The molecule has 0 saturated heterocycles. The van der Waals surface area contributed by atoms with Crippen molar-refractivity contribution in [3.63, 3.8) is 0 Å². The molecule has 1 aliphatic heterocycles. The molecule has 0 unspecified atom stereocenters. The maximum atomic E-state index is 12.5. The van der Waals surface area contributed by atoms with E-state index in [2.05, 4.69) is 5.32 Å². The first-order chi connectivity index (χ1) is 12.8. The van der Waals surface area contributed by atoms with Crippen LogP contribution in [-0.4, -0.2) is 62.7 Å². The van der Waals surface area contributed by atoms with E-state index in [1.807, 2.05) is 24.3 Å². The van der Waals surface area contributed by atoms with Gasteiger partial charge < -0.3 is 10.2 Å². The predicted octanol–water partition coefficient (Wildman–Crippen LogP) is 1.69. The Morgan fingerprint density at radius 2 is 2.00 bits per heavy atom. The lowest BCUT2D eigenvalue weighted by molar-refractivity contribution is -0.125. The maximum Gasteiger partial charge on any atom is 0.227 e. The van der Waals surface area contributed by atoms with Gasteiger partial charge in [-0.3, -0.25) is 9.59 Å². The Bertz CT molecular complexity index is 768. The van der Waals surface area contributed by atoms with Crippen LogP contribution in [0.4, 0.5) is 5.69 Å². The van der Waals surface area contributed by atoms with Gasteiger partial charge >= 0.3 is 0 Å². The number of fused-ring (bicyclic) bond motifs is 1. The number of hydrogen-bond acceptors (Lipinski definition) is 5. The summed E-state index contributed by atoms with van der Waals surface area (Å²) in [4.78, 5) is 27.3. The van der Waals surface area contributed by atoms with E-state index in [9.17, 15) is 18.0 Å². The van der Waals surface area contributed by atoms with E-state index in [1.54, 1.807) is 23.6 Å². The van der Waals surface area contributed by atoms with Gasteiger partial charge in [-0.25, -0.2) is 12.7 Å². The molecule has 150 valence electrons. The smallest absolute Gasteiger partial charge is 0.227 e. The molecule has 0 spiro atoms. The monoisotopic (exact) mass is 413 g/mol. The first-order valence-corrected chi connectivity index (χ1v) is 11.7. The van der Waals surface area contributed by atoms with Crippen molar-refractivity contribution in [2.24, 2.45) is 0 Å². The molecule has 7 nitrogen and oxygen atoms in total. The van der Waals surface area contributed by atoms with Gasteiger partial charge in [-0.1, -0.05) is 12.1 Å². The van der Waals surface area contributed by atoms with Crippen molar-refractivity contribution in [2.75, 3.05) is 43.1 Å². The summed E-state index contributed by atoms with van der Waals surface area (Å²) in [6, 6.07) is 7.80. The van der Waals surface area contributed by atoms with E-state index in [0.29, 0.717) is 26.1 Å². The highest BCUT2D eigenvalue weighted by Gasteiger charge is 2.22. The van der Waals surface area contributed by atoms with E-state index in [0.717, 1.165) is 16.3 Å². The molecule has 1 aliphatic rings. The first-order valence-electron chi connectivity index (χ1n) is 9.08. The number of nitrogens with zero attached hydrogens (tertiary/aromatic N) is 2. The van der Waals surface area contributed by atoms with E-state index in [4.69, 9.17) is 0 Å². The van der Waals surface area contributed by atoms with Crippen LogP contribution >= 0.6 is 11.8 Å². The largest absolute Gasteiger partial charge is 0.356 e. The van der Waals surface area contributed by atoms with Crippen LogP contribution in [0.15, 0.2) is 29.2 Å². The van der Waals surface area contributed by atoms with Crippen molar-refractivity contribution in [1.82, 2.24) is 9.62 Å². The van der Waals surface area contributed by atoms with Crippen LogP contribution in [0.5, 0.6) is 0 Å². The molecule has 0 fully saturated rings. The Labute approximate surface area is 165 Å². The second-order valence-electron chi connectivity index (χ2n) is 6.29. The number of amides is 2. The van der Waals surface area contributed by atoms with Gasteiger partial charge in [-0.15, -0.1) is 11.8 Å². The minimum absolute atomic E-state index is 0.0494. The van der Waals surface area contributed by atoms with Crippen molar-refractivity contribution < 1.29 is 18.0 Å². The van der Waals surface area contributed by atoms with Gasteiger partial charge in [0.1, 0.15) is 0 Å². The number of sulfonamides is 1. The number of hydrogen-bond donors (Lipinski definition) is 1. The molecular formula is C18H27N3O4S2. The molecule has 1 heterocycles. The molecule has 9 heteroatoms. The fourth-order valence-electron chi connectivity index (χ4n) is 2.76. The molecule has 0 aromatic heterocycles. The summed E-state index contributed by atoms with van der Waals surface area (Å²) in [5.41, 5.74) is 0.916. The van der Waals surface area contributed by atoms with Gasteiger partial charge in [0.2, 0.25) is 21.8 Å². The number of para-hydroxylation sites is 1. The number of carbonyl (C=O) groups excluding carboxylic acids is 2. The Balaban J connectivity index is 1.71. The molecule has 1 aromatic carbocycles. The molecule has 2 amide bonds. The molecule has 0 saturated carbocycles. The lowest BCUT2D eigenvalue weighted by Gasteiger charge is -2.29. The van der Waals surface area contributed by atoms with E-state index in [-0.39, 0.29) is 30.4 Å². The van der Waals surface area contributed by atoms with Crippen molar-refractivity contribution in [1.29, 1.82) is 0 Å². The molecule has 1 N–H and O–H groups in total. The second-order valence-corrected chi connectivity index (χ2v) is 9.79. The average Bonchev–Trinajstić information content (AvgIpc) is 2.68. The molecule has 0 aliphatic carbocycles. The highest BCUT2D eigenvalue weighted by Crippen LogP contribution is 2.34. The third-order valence-electron chi connectivity index (χ3n) is 4.41. The zero-order valence-corrected chi connectivity index (χ0v) is 17.4. The molecular weight excluding hydrogens is 386 g/mol. The molecule has 0 atom stereocenters. The van der Waals surface area contributed by atoms with Crippen LogP contribution in [0.1, 0.15) is 26.2 Å². The molecule has 0 bridgehead atoms. The Kier molecular flexibility index (Phi) is 8.12. The third-order valence-corrected chi connectivity index (χ3v) is 7.31. The van der Waals surface area contributed by atoms with Gasteiger partial charge in [-0.2, -0.15) is 0 Å². The molecule has 27 heavy (non-hydrogen) atoms. The van der Waals surface area contributed by atoms with Crippen molar-refractivity contribution in [3.8, 4) is 0 Å². The Morgan fingerprint density at radius 3 is 2.74 bits per heavy atom. The quantitative estimate of drug-likeness (QED) is 0.623. The number of carbonyl (C=O) groups is 2.